The number of ether oxygens (including phenoxy) is 1. The molecule has 0 radical (unpaired) electrons. The van der Waals surface area contributed by atoms with Crippen molar-refractivity contribution in [2.75, 3.05) is 44.7 Å². The topological polar surface area (TPSA) is 134 Å². The Kier molecular flexibility index (Phi) is 7.36. The lowest BCUT2D eigenvalue weighted by molar-refractivity contribution is -0.136. The van der Waals surface area contributed by atoms with Crippen molar-refractivity contribution in [2.24, 2.45) is 5.73 Å². The molecule has 1 aromatic rings. The van der Waals surface area contributed by atoms with Gasteiger partial charge in [0.2, 0.25) is 11.8 Å². The first kappa shape index (κ1) is 23.3. The number of nitrogens with two attached hydrogens (primary N) is 1. The monoisotopic (exact) mass is 457 g/mol. The number of nitrogens with one attached hydrogen (secondary N) is 2. The molecule has 0 aliphatic carbocycles. The highest BCUT2D eigenvalue weighted by atomic mass is 16.5. The normalized spacial score (nSPS) is 23.6. The van der Waals surface area contributed by atoms with E-state index in [1.54, 1.807) is 18.2 Å². The number of carbonyl (C=O) groups is 4. The van der Waals surface area contributed by atoms with Crippen molar-refractivity contribution in [1.29, 1.82) is 0 Å². The average Bonchev–Trinajstić information content (AvgIpc) is 3.07. The van der Waals surface area contributed by atoms with Crippen LogP contribution in [-0.2, 0) is 14.3 Å². The molecule has 0 saturated carbocycles. The predicted octanol–water partition coefficient (Wildman–Crippen LogP) is 0.330. The van der Waals surface area contributed by atoms with Crippen LogP contribution in [0.3, 0.4) is 0 Å². The van der Waals surface area contributed by atoms with Crippen LogP contribution in [0.2, 0.25) is 0 Å². The Balaban J connectivity index is 1.31. The first-order chi connectivity index (χ1) is 16.0. The van der Waals surface area contributed by atoms with Crippen LogP contribution in [0.15, 0.2) is 18.2 Å². The number of imide groups is 2. The summed E-state index contributed by atoms with van der Waals surface area (Å²) < 4.78 is 5.77. The zero-order valence-corrected chi connectivity index (χ0v) is 18.7. The summed E-state index contributed by atoms with van der Waals surface area (Å²) in [6.45, 7) is 4.09. The molecule has 2 saturated heterocycles. The standard InChI is InChI=1S/C23H31N5O5/c24-14-15-4-1-2-10-27(15)11-13-33-12-9-25-17-6-3-5-16-20(17)23(32)28(22(16)31)18-7-8-19(29)26-21(18)30/h3,5-6,15,18,25H,1-2,4,7-14,24H2,(H,26,29,30). The molecule has 1 aromatic carbocycles. The van der Waals surface area contributed by atoms with Crippen LogP contribution in [0.25, 0.3) is 0 Å². The SMILES string of the molecule is NCC1CCCCN1CCOCCNc1cccc2c1C(=O)N(C1CCC(=O)NC1=O)C2=O. The predicted molar refractivity (Wildman–Crippen MR) is 121 cm³/mol. The van der Waals surface area contributed by atoms with Gasteiger partial charge >= 0.3 is 0 Å². The van der Waals surface area contributed by atoms with Crippen LogP contribution >= 0.6 is 0 Å². The number of piperidine rings is 2. The molecule has 4 rings (SSSR count). The van der Waals surface area contributed by atoms with Gasteiger partial charge in [-0.2, -0.15) is 0 Å². The van der Waals surface area contributed by atoms with E-state index in [-0.39, 0.29) is 24.0 Å². The summed E-state index contributed by atoms with van der Waals surface area (Å²) in [6, 6.07) is 4.47. The number of fused-ring (bicyclic) bond motifs is 1. The van der Waals surface area contributed by atoms with E-state index in [0.29, 0.717) is 38.0 Å². The van der Waals surface area contributed by atoms with E-state index in [2.05, 4.69) is 15.5 Å². The number of carbonyl (C=O) groups excluding carboxylic acids is 4. The van der Waals surface area contributed by atoms with Crippen molar-refractivity contribution in [3.63, 3.8) is 0 Å². The van der Waals surface area contributed by atoms with Crippen LogP contribution in [-0.4, -0.2) is 84.9 Å². The molecule has 178 valence electrons. The zero-order valence-electron chi connectivity index (χ0n) is 18.7. The molecule has 4 amide bonds. The maximum atomic E-state index is 13.1. The summed E-state index contributed by atoms with van der Waals surface area (Å²) in [4.78, 5) is 53.0. The van der Waals surface area contributed by atoms with Crippen LogP contribution in [0, 0.1) is 0 Å². The molecule has 10 nitrogen and oxygen atoms in total. The molecule has 3 aliphatic rings. The van der Waals surface area contributed by atoms with E-state index in [9.17, 15) is 19.2 Å². The van der Waals surface area contributed by atoms with Gasteiger partial charge in [0.1, 0.15) is 6.04 Å². The quantitative estimate of drug-likeness (QED) is 0.357. The fourth-order valence-electron chi connectivity index (χ4n) is 4.83. The molecular formula is C23H31N5O5. The van der Waals surface area contributed by atoms with E-state index in [4.69, 9.17) is 10.5 Å². The molecule has 3 aliphatic heterocycles. The molecule has 3 heterocycles. The van der Waals surface area contributed by atoms with Gasteiger partial charge in [0, 0.05) is 37.8 Å². The fraction of sp³-hybridized carbons (Fsp3) is 0.565. The number of anilines is 1. The Morgan fingerprint density at radius 3 is 2.73 bits per heavy atom. The second-order valence-corrected chi connectivity index (χ2v) is 8.64. The molecule has 4 N–H and O–H groups in total. The molecule has 2 unspecified atom stereocenters. The third-order valence-electron chi connectivity index (χ3n) is 6.57. The minimum absolute atomic E-state index is 0.0930. The number of benzene rings is 1. The highest BCUT2D eigenvalue weighted by Gasteiger charge is 2.45. The molecule has 2 atom stereocenters. The lowest BCUT2D eigenvalue weighted by atomic mass is 10.0. The number of amides is 4. The molecule has 0 aromatic heterocycles. The Bertz CT molecular complexity index is 936. The van der Waals surface area contributed by atoms with Crippen molar-refractivity contribution in [3.8, 4) is 0 Å². The van der Waals surface area contributed by atoms with Gasteiger partial charge in [-0.15, -0.1) is 0 Å². The lowest BCUT2D eigenvalue weighted by Gasteiger charge is -2.34. The van der Waals surface area contributed by atoms with E-state index >= 15 is 0 Å². The number of hydrogen-bond acceptors (Lipinski definition) is 8. The van der Waals surface area contributed by atoms with Gasteiger partial charge in [-0.05, 0) is 37.9 Å². The van der Waals surface area contributed by atoms with Crippen LogP contribution in [0.5, 0.6) is 0 Å². The Labute approximate surface area is 192 Å². The molecule has 2 fully saturated rings. The van der Waals surface area contributed by atoms with E-state index < -0.39 is 29.7 Å². The molecule has 10 heteroatoms. The molecule has 33 heavy (non-hydrogen) atoms. The minimum atomic E-state index is -0.974. The maximum absolute atomic E-state index is 13.1. The van der Waals surface area contributed by atoms with Crippen molar-refractivity contribution in [3.05, 3.63) is 29.3 Å². The van der Waals surface area contributed by atoms with Gasteiger partial charge in [0.25, 0.3) is 11.8 Å². The number of nitrogens with zero attached hydrogens (tertiary/aromatic N) is 2. The van der Waals surface area contributed by atoms with E-state index in [1.807, 2.05) is 0 Å². The maximum Gasteiger partial charge on any atom is 0.264 e. The lowest BCUT2D eigenvalue weighted by Crippen LogP contribution is -2.54. The average molecular weight is 458 g/mol. The fourth-order valence-corrected chi connectivity index (χ4v) is 4.83. The van der Waals surface area contributed by atoms with E-state index in [0.717, 1.165) is 24.4 Å². The smallest absolute Gasteiger partial charge is 0.264 e. The number of hydrogen-bond donors (Lipinski definition) is 3. The second kappa shape index (κ2) is 10.4. The van der Waals surface area contributed by atoms with Crippen molar-refractivity contribution >= 4 is 29.3 Å². The summed E-state index contributed by atoms with van der Waals surface area (Å²) in [6.07, 6.45) is 3.79. The molecular weight excluding hydrogens is 426 g/mol. The summed E-state index contributed by atoms with van der Waals surface area (Å²) in [5.74, 6) is -2.05. The summed E-state index contributed by atoms with van der Waals surface area (Å²) in [7, 11) is 0. The first-order valence-electron chi connectivity index (χ1n) is 11.6. The van der Waals surface area contributed by atoms with Gasteiger partial charge in [0.05, 0.1) is 24.3 Å². The molecule has 0 bridgehead atoms. The van der Waals surface area contributed by atoms with Crippen molar-refractivity contribution < 1.29 is 23.9 Å². The van der Waals surface area contributed by atoms with Gasteiger partial charge < -0.3 is 15.8 Å². The van der Waals surface area contributed by atoms with E-state index in [1.165, 1.54) is 12.8 Å². The van der Waals surface area contributed by atoms with Crippen molar-refractivity contribution in [1.82, 2.24) is 15.1 Å². The van der Waals surface area contributed by atoms with Gasteiger partial charge in [-0.25, -0.2) is 0 Å². The minimum Gasteiger partial charge on any atom is -0.382 e. The van der Waals surface area contributed by atoms with Gasteiger partial charge in [0.15, 0.2) is 0 Å². The number of likely N-dealkylation sites (tertiary alicyclic amines) is 1. The second-order valence-electron chi connectivity index (χ2n) is 8.64. The zero-order chi connectivity index (χ0) is 23.4. The van der Waals surface area contributed by atoms with Crippen LogP contribution in [0.4, 0.5) is 5.69 Å². The Hall–Kier alpha value is -2.82. The summed E-state index contributed by atoms with van der Waals surface area (Å²) in [5.41, 5.74) is 6.91. The van der Waals surface area contributed by atoms with Gasteiger partial charge in [-0.1, -0.05) is 12.5 Å². The number of rotatable bonds is 9. The Morgan fingerprint density at radius 2 is 1.94 bits per heavy atom. The largest absolute Gasteiger partial charge is 0.382 e. The molecule has 0 spiro atoms. The summed E-state index contributed by atoms with van der Waals surface area (Å²) in [5, 5.41) is 5.39. The van der Waals surface area contributed by atoms with Crippen LogP contribution < -0.4 is 16.4 Å². The third kappa shape index (κ3) is 4.92. The third-order valence-corrected chi connectivity index (χ3v) is 6.57. The van der Waals surface area contributed by atoms with Crippen molar-refractivity contribution in [2.45, 2.75) is 44.2 Å². The van der Waals surface area contributed by atoms with Gasteiger partial charge in [-0.3, -0.25) is 34.3 Å². The Morgan fingerprint density at radius 1 is 1.09 bits per heavy atom. The van der Waals surface area contributed by atoms with Crippen LogP contribution in [0.1, 0.15) is 52.8 Å². The highest BCUT2D eigenvalue weighted by molar-refractivity contribution is 6.25. The highest BCUT2D eigenvalue weighted by Crippen LogP contribution is 2.32. The first-order valence-corrected chi connectivity index (χ1v) is 11.6. The summed E-state index contributed by atoms with van der Waals surface area (Å²) >= 11 is 0.